The van der Waals surface area contributed by atoms with Gasteiger partial charge in [-0.3, -0.25) is 0 Å². The second-order valence-electron chi connectivity index (χ2n) is 3.07. The predicted octanol–water partition coefficient (Wildman–Crippen LogP) is 2.41. The van der Waals surface area contributed by atoms with Crippen LogP contribution in [-0.2, 0) is 0 Å². The van der Waals surface area contributed by atoms with E-state index in [9.17, 15) is 0 Å². The van der Waals surface area contributed by atoms with Gasteiger partial charge in [-0.2, -0.15) is 0 Å². The number of aliphatic hydroxyl groups excluding tert-OH is 1. The first-order valence-electron chi connectivity index (χ1n) is 4.16. The van der Waals surface area contributed by atoms with Gasteiger partial charge in [-0.1, -0.05) is 17.7 Å². The molecule has 0 saturated carbocycles. The molecule has 0 spiro atoms. The maximum absolute atomic E-state index is 9.02. The summed E-state index contributed by atoms with van der Waals surface area (Å²) in [5.74, 6) is 0.730. The number of hydrogen-bond donors (Lipinski definition) is 1. The number of halogens is 1. The fourth-order valence-corrected chi connectivity index (χ4v) is 1.10. The van der Waals surface area contributed by atoms with Crippen LogP contribution in [0.15, 0.2) is 18.2 Å². The molecule has 0 radical (unpaired) electrons. The van der Waals surface area contributed by atoms with Crippen LogP contribution in [0.25, 0.3) is 0 Å². The van der Waals surface area contributed by atoms with E-state index in [2.05, 4.69) is 0 Å². The van der Waals surface area contributed by atoms with Crippen molar-refractivity contribution in [2.24, 2.45) is 0 Å². The molecule has 0 amide bonds. The highest BCUT2D eigenvalue weighted by molar-refractivity contribution is 6.30. The summed E-state index contributed by atoms with van der Waals surface area (Å²) in [5.41, 5.74) is 1.02. The van der Waals surface area contributed by atoms with Gasteiger partial charge in [0.25, 0.3) is 0 Å². The first-order valence-corrected chi connectivity index (χ1v) is 4.54. The molecule has 0 aliphatic heterocycles. The van der Waals surface area contributed by atoms with Crippen molar-refractivity contribution in [1.29, 1.82) is 0 Å². The zero-order valence-electron chi connectivity index (χ0n) is 7.75. The van der Waals surface area contributed by atoms with E-state index in [1.54, 1.807) is 13.0 Å². The van der Waals surface area contributed by atoms with Crippen LogP contribution >= 0.6 is 11.6 Å². The SMILES string of the molecule is Cc1ccc(Cl)cc1OC[C@H](C)O. The van der Waals surface area contributed by atoms with Crippen molar-refractivity contribution in [3.8, 4) is 5.75 Å². The number of benzene rings is 1. The van der Waals surface area contributed by atoms with Crippen LogP contribution < -0.4 is 4.74 Å². The summed E-state index contributed by atoms with van der Waals surface area (Å²) in [7, 11) is 0. The average Bonchev–Trinajstić information content (AvgIpc) is 2.06. The van der Waals surface area contributed by atoms with Gasteiger partial charge in [-0.25, -0.2) is 0 Å². The maximum atomic E-state index is 9.02. The molecular weight excluding hydrogens is 188 g/mol. The highest BCUT2D eigenvalue weighted by Crippen LogP contribution is 2.22. The van der Waals surface area contributed by atoms with E-state index < -0.39 is 6.10 Å². The Bertz CT molecular complexity index is 284. The third kappa shape index (κ3) is 3.25. The van der Waals surface area contributed by atoms with E-state index in [-0.39, 0.29) is 0 Å². The molecule has 0 fully saturated rings. The summed E-state index contributed by atoms with van der Waals surface area (Å²) in [6.45, 7) is 3.91. The van der Waals surface area contributed by atoms with Gasteiger partial charge < -0.3 is 9.84 Å². The minimum Gasteiger partial charge on any atom is -0.491 e. The van der Waals surface area contributed by atoms with Crippen LogP contribution in [0, 0.1) is 6.92 Å². The molecule has 1 atom stereocenters. The standard InChI is InChI=1S/C10H13ClO2/c1-7-3-4-9(11)5-10(7)13-6-8(2)12/h3-5,8,12H,6H2,1-2H3/t8-/m0/s1. The Morgan fingerprint density at radius 1 is 1.54 bits per heavy atom. The van der Waals surface area contributed by atoms with Crippen LogP contribution in [0.1, 0.15) is 12.5 Å². The van der Waals surface area contributed by atoms with Crippen molar-refractivity contribution in [1.82, 2.24) is 0 Å². The van der Waals surface area contributed by atoms with E-state index in [1.807, 2.05) is 19.1 Å². The van der Waals surface area contributed by atoms with Crippen molar-refractivity contribution in [2.45, 2.75) is 20.0 Å². The Balaban J connectivity index is 2.70. The second kappa shape index (κ2) is 4.49. The first-order chi connectivity index (χ1) is 6.09. The van der Waals surface area contributed by atoms with Crippen molar-refractivity contribution in [3.05, 3.63) is 28.8 Å². The number of ether oxygens (including phenoxy) is 1. The summed E-state index contributed by atoms with van der Waals surface area (Å²) < 4.78 is 5.34. The van der Waals surface area contributed by atoms with E-state index in [1.165, 1.54) is 0 Å². The molecule has 2 nitrogen and oxygen atoms in total. The highest BCUT2D eigenvalue weighted by atomic mass is 35.5. The van der Waals surface area contributed by atoms with Crippen molar-refractivity contribution in [2.75, 3.05) is 6.61 Å². The first kappa shape index (κ1) is 10.4. The Labute approximate surface area is 83.1 Å². The molecule has 0 aliphatic carbocycles. The number of aliphatic hydroxyl groups is 1. The molecule has 1 N–H and O–H groups in total. The van der Waals surface area contributed by atoms with Gasteiger partial charge in [-0.15, -0.1) is 0 Å². The second-order valence-corrected chi connectivity index (χ2v) is 3.51. The van der Waals surface area contributed by atoms with Crippen molar-refractivity contribution >= 4 is 11.6 Å². The third-order valence-corrected chi connectivity index (χ3v) is 1.87. The monoisotopic (exact) mass is 200 g/mol. The van der Waals surface area contributed by atoms with Crippen LogP contribution in [0.2, 0.25) is 5.02 Å². The lowest BCUT2D eigenvalue weighted by atomic mass is 10.2. The van der Waals surface area contributed by atoms with E-state index in [0.717, 1.165) is 11.3 Å². The fraction of sp³-hybridized carbons (Fsp3) is 0.400. The predicted molar refractivity (Wildman–Crippen MR) is 53.4 cm³/mol. The molecule has 72 valence electrons. The van der Waals surface area contributed by atoms with Gasteiger partial charge in [0.2, 0.25) is 0 Å². The minimum atomic E-state index is -0.460. The van der Waals surface area contributed by atoms with E-state index >= 15 is 0 Å². The Hall–Kier alpha value is -0.730. The average molecular weight is 201 g/mol. The Morgan fingerprint density at radius 3 is 2.85 bits per heavy atom. The fourth-order valence-electron chi connectivity index (χ4n) is 0.940. The number of aryl methyl sites for hydroxylation is 1. The lowest BCUT2D eigenvalue weighted by molar-refractivity contribution is 0.122. The van der Waals surface area contributed by atoms with Gasteiger partial charge >= 0.3 is 0 Å². The highest BCUT2D eigenvalue weighted by Gasteiger charge is 2.02. The van der Waals surface area contributed by atoms with Crippen LogP contribution in [0.5, 0.6) is 5.75 Å². The number of rotatable bonds is 3. The van der Waals surface area contributed by atoms with Crippen LogP contribution in [0.4, 0.5) is 0 Å². The molecule has 1 rings (SSSR count). The summed E-state index contributed by atoms with van der Waals surface area (Å²) >= 11 is 5.79. The molecule has 0 unspecified atom stereocenters. The molecule has 3 heteroatoms. The molecule has 0 aromatic heterocycles. The quantitative estimate of drug-likeness (QED) is 0.812. The zero-order chi connectivity index (χ0) is 9.84. The minimum absolute atomic E-state index is 0.293. The lowest BCUT2D eigenvalue weighted by Crippen LogP contribution is -2.13. The smallest absolute Gasteiger partial charge is 0.123 e. The van der Waals surface area contributed by atoms with E-state index in [4.69, 9.17) is 21.4 Å². The van der Waals surface area contributed by atoms with Gasteiger partial charge in [0.15, 0.2) is 0 Å². The van der Waals surface area contributed by atoms with Crippen LogP contribution in [-0.4, -0.2) is 17.8 Å². The summed E-state index contributed by atoms with van der Waals surface area (Å²) in [5, 5.41) is 9.66. The molecule has 0 saturated heterocycles. The third-order valence-electron chi connectivity index (χ3n) is 1.63. The summed E-state index contributed by atoms with van der Waals surface area (Å²) in [4.78, 5) is 0. The topological polar surface area (TPSA) is 29.5 Å². The molecule has 1 aromatic carbocycles. The maximum Gasteiger partial charge on any atom is 0.123 e. The van der Waals surface area contributed by atoms with Gasteiger partial charge in [0, 0.05) is 5.02 Å². The zero-order valence-corrected chi connectivity index (χ0v) is 8.51. The van der Waals surface area contributed by atoms with Gasteiger partial charge in [-0.05, 0) is 31.5 Å². The largest absolute Gasteiger partial charge is 0.491 e. The van der Waals surface area contributed by atoms with Gasteiger partial charge in [0.1, 0.15) is 12.4 Å². The summed E-state index contributed by atoms with van der Waals surface area (Å²) in [6.07, 6.45) is -0.460. The van der Waals surface area contributed by atoms with E-state index in [0.29, 0.717) is 11.6 Å². The molecule has 0 aliphatic rings. The molecular formula is C10H13ClO2. The Morgan fingerprint density at radius 2 is 2.23 bits per heavy atom. The Kier molecular flexibility index (Phi) is 3.58. The van der Waals surface area contributed by atoms with Crippen LogP contribution in [0.3, 0.4) is 0 Å². The molecule has 1 aromatic rings. The van der Waals surface area contributed by atoms with Crippen molar-refractivity contribution in [3.63, 3.8) is 0 Å². The molecule has 0 heterocycles. The summed E-state index contributed by atoms with van der Waals surface area (Å²) in [6, 6.07) is 5.45. The van der Waals surface area contributed by atoms with Gasteiger partial charge in [0.05, 0.1) is 6.10 Å². The molecule has 0 bridgehead atoms. The lowest BCUT2D eigenvalue weighted by Gasteiger charge is -2.10. The normalized spacial score (nSPS) is 12.6. The number of hydrogen-bond acceptors (Lipinski definition) is 2. The van der Waals surface area contributed by atoms with Crippen molar-refractivity contribution < 1.29 is 9.84 Å². The molecule has 13 heavy (non-hydrogen) atoms.